The summed E-state index contributed by atoms with van der Waals surface area (Å²) in [5.41, 5.74) is 0.572. The summed E-state index contributed by atoms with van der Waals surface area (Å²) in [6.45, 7) is 5.70. The molecule has 6 nitrogen and oxygen atoms in total. The molecule has 0 aliphatic heterocycles. The molecule has 1 fully saturated rings. The standard InChI is InChI=1S/C25H38N2O4/c1-17(2)25(3,24(30)31)26-22(28)20-15-19-13-9-4-5-10-14-21(19)27(23(20)29)16-18-11-7-6-8-12-18/h15,17-18H,4-14,16H2,1-3H3,(H,26,28)(H,30,31). The molecule has 2 aliphatic rings. The number of aliphatic carboxylic acids is 1. The maximum atomic E-state index is 13.5. The fraction of sp³-hybridized carbons (Fsp3) is 0.720. The van der Waals surface area contributed by atoms with Gasteiger partial charge in [-0.3, -0.25) is 9.59 Å². The van der Waals surface area contributed by atoms with Crippen LogP contribution in [0, 0.1) is 11.8 Å². The largest absolute Gasteiger partial charge is 0.480 e. The Labute approximate surface area is 185 Å². The Balaban J connectivity index is 2.02. The molecule has 0 radical (unpaired) electrons. The van der Waals surface area contributed by atoms with Crippen molar-refractivity contribution in [2.24, 2.45) is 11.8 Å². The Morgan fingerprint density at radius 2 is 1.71 bits per heavy atom. The molecule has 0 aromatic carbocycles. The summed E-state index contributed by atoms with van der Waals surface area (Å²) < 4.78 is 1.87. The fourth-order valence-electron chi connectivity index (χ4n) is 4.97. The van der Waals surface area contributed by atoms with E-state index < -0.39 is 17.4 Å². The molecule has 0 saturated heterocycles. The first-order valence-electron chi connectivity index (χ1n) is 12.1. The zero-order valence-electron chi connectivity index (χ0n) is 19.3. The van der Waals surface area contributed by atoms with Gasteiger partial charge in [-0.25, -0.2) is 4.79 Å². The molecule has 0 bridgehead atoms. The van der Waals surface area contributed by atoms with Crippen LogP contribution >= 0.6 is 0 Å². The molecule has 2 aliphatic carbocycles. The van der Waals surface area contributed by atoms with Crippen molar-refractivity contribution in [3.8, 4) is 0 Å². The number of aryl methyl sites for hydroxylation is 1. The van der Waals surface area contributed by atoms with Crippen LogP contribution in [0.3, 0.4) is 0 Å². The van der Waals surface area contributed by atoms with Gasteiger partial charge in [0.2, 0.25) is 0 Å². The highest BCUT2D eigenvalue weighted by Gasteiger charge is 2.39. The lowest BCUT2D eigenvalue weighted by Crippen LogP contribution is -2.56. The second-order valence-corrected chi connectivity index (χ2v) is 9.98. The third-order valence-corrected chi connectivity index (χ3v) is 7.48. The summed E-state index contributed by atoms with van der Waals surface area (Å²) in [6.07, 6.45) is 12.1. The Kier molecular flexibility index (Phi) is 7.60. The summed E-state index contributed by atoms with van der Waals surface area (Å²) in [7, 11) is 0. The molecule has 1 atom stereocenters. The number of pyridine rings is 1. The molecule has 2 N–H and O–H groups in total. The van der Waals surface area contributed by atoms with Gasteiger partial charge in [0.1, 0.15) is 11.1 Å². The van der Waals surface area contributed by atoms with Crippen LogP contribution in [0.2, 0.25) is 0 Å². The predicted molar refractivity (Wildman–Crippen MR) is 121 cm³/mol. The lowest BCUT2D eigenvalue weighted by atomic mass is 9.87. The van der Waals surface area contributed by atoms with Gasteiger partial charge in [-0.15, -0.1) is 0 Å². The highest BCUT2D eigenvalue weighted by atomic mass is 16.4. The van der Waals surface area contributed by atoms with Crippen LogP contribution in [0.15, 0.2) is 10.9 Å². The Morgan fingerprint density at radius 3 is 2.32 bits per heavy atom. The van der Waals surface area contributed by atoms with E-state index in [1.54, 1.807) is 19.9 Å². The van der Waals surface area contributed by atoms with E-state index in [1.807, 2.05) is 4.57 Å². The SMILES string of the molecule is CC(C)C(C)(NC(=O)c1cc2c(n(CC3CCCCC3)c1=O)CCCCCC2)C(=O)O. The molecule has 1 aromatic heterocycles. The van der Waals surface area contributed by atoms with E-state index in [4.69, 9.17) is 0 Å². The van der Waals surface area contributed by atoms with Crippen LogP contribution in [-0.4, -0.2) is 27.1 Å². The van der Waals surface area contributed by atoms with Crippen molar-refractivity contribution >= 4 is 11.9 Å². The Morgan fingerprint density at radius 1 is 1.10 bits per heavy atom. The van der Waals surface area contributed by atoms with Crippen molar-refractivity contribution in [3.63, 3.8) is 0 Å². The van der Waals surface area contributed by atoms with Gasteiger partial charge in [-0.1, -0.05) is 46.0 Å². The van der Waals surface area contributed by atoms with Gasteiger partial charge < -0.3 is 15.0 Å². The number of carbonyl (C=O) groups excluding carboxylic acids is 1. The number of hydrogen-bond donors (Lipinski definition) is 2. The number of fused-ring (bicyclic) bond motifs is 1. The average molecular weight is 431 g/mol. The maximum absolute atomic E-state index is 13.5. The minimum absolute atomic E-state index is 0.0863. The zero-order chi connectivity index (χ0) is 22.6. The van der Waals surface area contributed by atoms with E-state index in [2.05, 4.69) is 5.32 Å². The summed E-state index contributed by atoms with van der Waals surface area (Å²) >= 11 is 0. The normalized spacial score (nSPS) is 19.7. The number of carboxylic acids is 1. The Bertz CT molecular complexity index is 867. The minimum Gasteiger partial charge on any atom is -0.480 e. The molecule has 1 amide bonds. The second-order valence-electron chi connectivity index (χ2n) is 9.98. The Hall–Kier alpha value is -2.11. The fourth-order valence-corrected chi connectivity index (χ4v) is 4.97. The number of aromatic nitrogens is 1. The zero-order valence-corrected chi connectivity index (χ0v) is 19.3. The lowest BCUT2D eigenvalue weighted by molar-refractivity contribution is -0.145. The highest BCUT2D eigenvalue weighted by molar-refractivity contribution is 5.97. The summed E-state index contributed by atoms with van der Waals surface area (Å²) in [5.74, 6) is -1.52. The van der Waals surface area contributed by atoms with E-state index in [-0.39, 0.29) is 17.0 Å². The molecular formula is C25H38N2O4. The molecular weight excluding hydrogens is 392 g/mol. The summed E-state index contributed by atoms with van der Waals surface area (Å²) in [4.78, 5) is 38.6. The van der Waals surface area contributed by atoms with Crippen molar-refractivity contribution in [3.05, 3.63) is 33.2 Å². The van der Waals surface area contributed by atoms with Crippen LogP contribution in [0.5, 0.6) is 0 Å². The maximum Gasteiger partial charge on any atom is 0.329 e. The molecule has 31 heavy (non-hydrogen) atoms. The second kappa shape index (κ2) is 10.0. The van der Waals surface area contributed by atoms with Crippen molar-refractivity contribution in [1.82, 2.24) is 9.88 Å². The third-order valence-electron chi connectivity index (χ3n) is 7.48. The highest BCUT2D eigenvalue weighted by Crippen LogP contribution is 2.27. The quantitative estimate of drug-likeness (QED) is 0.704. The number of nitrogens with one attached hydrogen (secondary N) is 1. The van der Waals surface area contributed by atoms with Crippen molar-refractivity contribution in [1.29, 1.82) is 0 Å². The van der Waals surface area contributed by atoms with E-state index in [0.717, 1.165) is 56.2 Å². The van der Waals surface area contributed by atoms with Gasteiger partial charge in [0.05, 0.1) is 0 Å². The number of carboxylic acid groups (broad SMARTS) is 1. The third kappa shape index (κ3) is 5.21. The molecule has 1 heterocycles. The van der Waals surface area contributed by atoms with E-state index >= 15 is 0 Å². The topological polar surface area (TPSA) is 88.4 Å². The molecule has 0 spiro atoms. The number of rotatable bonds is 6. The smallest absolute Gasteiger partial charge is 0.329 e. The molecule has 1 unspecified atom stereocenters. The van der Waals surface area contributed by atoms with Crippen molar-refractivity contribution in [2.45, 2.75) is 103 Å². The lowest BCUT2D eigenvalue weighted by Gasteiger charge is -2.31. The number of hydrogen-bond acceptors (Lipinski definition) is 3. The van der Waals surface area contributed by atoms with Crippen molar-refractivity contribution < 1.29 is 14.7 Å². The van der Waals surface area contributed by atoms with Gasteiger partial charge in [0, 0.05) is 12.2 Å². The van der Waals surface area contributed by atoms with Crippen LogP contribution in [0.4, 0.5) is 0 Å². The molecule has 172 valence electrons. The van der Waals surface area contributed by atoms with Gasteiger partial charge >= 0.3 is 5.97 Å². The summed E-state index contributed by atoms with van der Waals surface area (Å²) in [5, 5.41) is 12.4. The van der Waals surface area contributed by atoms with Gasteiger partial charge in [-0.2, -0.15) is 0 Å². The van der Waals surface area contributed by atoms with E-state index in [0.29, 0.717) is 12.5 Å². The predicted octanol–water partition coefficient (Wildman–Crippen LogP) is 4.32. The number of nitrogens with zero attached hydrogens (tertiary/aromatic N) is 1. The molecule has 1 aromatic rings. The summed E-state index contributed by atoms with van der Waals surface area (Å²) in [6, 6.07) is 1.75. The van der Waals surface area contributed by atoms with Gasteiger partial charge in [0.25, 0.3) is 11.5 Å². The van der Waals surface area contributed by atoms with Crippen LogP contribution in [0.25, 0.3) is 0 Å². The van der Waals surface area contributed by atoms with E-state index in [9.17, 15) is 19.5 Å². The number of carbonyl (C=O) groups is 2. The van der Waals surface area contributed by atoms with Gasteiger partial charge in [-0.05, 0) is 68.9 Å². The molecule has 6 heteroatoms. The van der Waals surface area contributed by atoms with Crippen LogP contribution < -0.4 is 10.9 Å². The monoisotopic (exact) mass is 430 g/mol. The first-order valence-corrected chi connectivity index (χ1v) is 12.1. The van der Waals surface area contributed by atoms with Gasteiger partial charge in [0.15, 0.2) is 0 Å². The first-order chi connectivity index (χ1) is 14.7. The van der Waals surface area contributed by atoms with Crippen molar-refractivity contribution in [2.75, 3.05) is 0 Å². The molecule has 1 saturated carbocycles. The first kappa shape index (κ1) is 23.6. The van der Waals surface area contributed by atoms with E-state index in [1.165, 1.54) is 32.6 Å². The minimum atomic E-state index is -1.43. The molecule has 3 rings (SSSR count). The number of amides is 1. The van der Waals surface area contributed by atoms with Crippen LogP contribution in [-0.2, 0) is 24.2 Å². The van der Waals surface area contributed by atoms with Crippen LogP contribution in [0.1, 0.15) is 100 Å². The average Bonchev–Trinajstić information content (AvgIpc) is 2.71.